The number of nitrogens with one attached hydrogen (secondary N) is 2. The summed E-state index contributed by atoms with van der Waals surface area (Å²) in [6.07, 6.45) is 5.09. The van der Waals surface area contributed by atoms with E-state index in [1.54, 1.807) is 0 Å². The number of unbranched alkanes of at least 4 members (excludes halogenated alkanes) is 2. The van der Waals surface area contributed by atoms with Crippen molar-refractivity contribution < 1.29 is 9.21 Å². The van der Waals surface area contributed by atoms with Crippen LogP contribution < -0.4 is 25.5 Å². The summed E-state index contributed by atoms with van der Waals surface area (Å²) in [4.78, 5) is 17.8. The van der Waals surface area contributed by atoms with Gasteiger partial charge >= 0.3 is 0 Å². The number of anilines is 2. The monoisotopic (exact) mass is 734 g/mol. The zero-order valence-corrected chi connectivity index (χ0v) is 32.9. The lowest BCUT2D eigenvalue weighted by Gasteiger charge is -2.32. The Kier molecular flexibility index (Phi) is 12.4. The second kappa shape index (κ2) is 17.9. The molecule has 7 nitrogen and oxygen atoms in total. The zero-order valence-electron chi connectivity index (χ0n) is 32.9. The van der Waals surface area contributed by atoms with Crippen molar-refractivity contribution in [2.24, 2.45) is 5.92 Å². The van der Waals surface area contributed by atoms with E-state index in [1.807, 2.05) is 12.1 Å². The van der Waals surface area contributed by atoms with E-state index in [0.717, 1.165) is 110 Å². The molecule has 0 unspecified atom stereocenters. The second-order valence-electron chi connectivity index (χ2n) is 15.3. The van der Waals surface area contributed by atoms with Crippen LogP contribution in [-0.2, 0) is 11.3 Å². The fourth-order valence-electron chi connectivity index (χ4n) is 7.85. The standard InChI is InChI=1S/C48H55N5O2/c1-35(2)49-28-14-7-15-29-50-48(54)36-26-30-53(31-27-36)34-37-16-12-13-21-42(37)47-43-24-22-40(51(3)38-17-8-5-9-18-38)32-45(43)55-46-33-41(23-25-44(46)47)52(4)39-19-10-6-11-20-39/h5-6,8-13,16-25,32-33,35-36,49H,7,14-15,26-31,34H2,1-4H3/p+1. The minimum Gasteiger partial charge on any atom is -0.456 e. The third-order valence-electron chi connectivity index (χ3n) is 11.1. The molecule has 1 fully saturated rings. The lowest BCUT2D eigenvalue weighted by Crippen LogP contribution is -2.40. The number of benzene rings is 5. The van der Waals surface area contributed by atoms with Crippen LogP contribution >= 0.6 is 0 Å². The maximum Gasteiger partial charge on any atom is 0.223 e. The summed E-state index contributed by atoms with van der Waals surface area (Å²) in [7, 11) is 4.20. The van der Waals surface area contributed by atoms with Crippen LogP contribution in [0.25, 0.3) is 33.4 Å². The van der Waals surface area contributed by atoms with Crippen molar-refractivity contribution >= 4 is 33.9 Å². The van der Waals surface area contributed by atoms with E-state index in [2.05, 4.69) is 162 Å². The van der Waals surface area contributed by atoms with Crippen LogP contribution in [0.3, 0.4) is 0 Å². The van der Waals surface area contributed by atoms with Crippen molar-refractivity contribution in [1.82, 2.24) is 20.1 Å². The van der Waals surface area contributed by atoms with E-state index < -0.39 is 0 Å². The minimum atomic E-state index is 0.0872. The molecule has 284 valence electrons. The molecule has 1 saturated heterocycles. The van der Waals surface area contributed by atoms with Gasteiger partial charge in [-0.05, 0) is 86.8 Å². The molecule has 0 radical (unpaired) electrons. The highest BCUT2D eigenvalue weighted by atomic mass is 16.3. The van der Waals surface area contributed by atoms with Gasteiger partial charge in [0.1, 0.15) is 18.4 Å². The van der Waals surface area contributed by atoms with Crippen molar-refractivity contribution in [3.8, 4) is 22.5 Å². The van der Waals surface area contributed by atoms with Crippen LogP contribution in [0.4, 0.5) is 17.1 Å². The van der Waals surface area contributed by atoms with Crippen LogP contribution in [0.15, 0.2) is 126 Å². The Labute approximate surface area is 326 Å². The van der Waals surface area contributed by atoms with Gasteiger partial charge in [-0.2, -0.15) is 4.58 Å². The number of carbonyl (C=O) groups excluding carboxylic acids is 1. The molecule has 7 heteroatoms. The van der Waals surface area contributed by atoms with E-state index in [1.165, 1.54) is 16.7 Å². The van der Waals surface area contributed by atoms with Crippen LogP contribution in [0.1, 0.15) is 51.5 Å². The topological polar surface area (TPSA) is 63.8 Å². The summed E-state index contributed by atoms with van der Waals surface area (Å²) in [6.45, 7) is 8.81. The van der Waals surface area contributed by atoms with Gasteiger partial charge in [0, 0.05) is 84.3 Å². The summed E-state index contributed by atoms with van der Waals surface area (Å²) in [5.41, 5.74) is 8.90. The first-order valence-electron chi connectivity index (χ1n) is 20.1. The molecule has 7 rings (SSSR count). The molecule has 1 amide bonds. The lowest BCUT2D eigenvalue weighted by molar-refractivity contribution is -0.126. The number of hydrogen-bond acceptors (Lipinski definition) is 5. The normalized spacial score (nSPS) is 14.4. The maximum absolute atomic E-state index is 13.1. The van der Waals surface area contributed by atoms with Gasteiger partial charge in [-0.1, -0.05) is 80.9 Å². The fraction of sp³-hybridized carbons (Fsp3) is 0.333. The van der Waals surface area contributed by atoms with Crippen LogP contribution in [0, 0.1) is 5.92 Å². The van der Waals surface area contributed by atoms with Crippen molar-refractivity contribution in [2.45, 2.75) is 58.5 Å². The molecule has 4 aromatic carbocycles. The summed E-state index contributed by atoms with van der Waals surface area (Å²) in [5.74, 6) is 1.15. The molecule has 0 saturated carbocycles. The highest BCUT2D eigenvalue weighted by molar-refractivity contribution is 6.03. The number of para-hydroxylation sites is 2. The van der Waals surface area contributed by atoms with Gasteiger partial charge in [-0.3, -0.25) is 9.69 Å². The summed E-state index contributed by atoms with van der Waals surface area (Å²) < 4.78 is 9.04. The Hall–Kier alpha value is -5.24. The zero-order chi connectivity index (χ0) is 38.1. The molecule has 0 spiro atoms. The van der Waals surface area contributed by atoms with Gasteiger partial charge in [-0.15, -0.1) is 0 Å². The maximum atomic E-state index is 13.1. The number of carbonyl (C=O) groups is 1. The average molecular weight is 735 g/mol. The predicted molar refractivity (Wildman–Crippen MR) is 228 cm³/mol. The number of piperidine rings is 1. The molecule has 2 aliphatic heterocycles. The molecular weight excluding hydrogens is 679 g/mol. The van der Waals surface area contributed by atoms with E-state index >= 15 is 0 Å². The van der Waals surface area contributed by atoms with Gasteiger partial charge in [0.2, 0.25) is 17.0 Å². The van der Waals surface area contributed by atoms with Gasteiger partial charge in [0.25, 0.3) is 0 Å². The van der Waals surface area contributed by atoms with Gasteiger partial charge < -0.3 is 20.0 Å². The molecule has 1 aliphatic carbocycles. The van der Waals surface area contributed by atoms with Crippen molar-refractivity contribution in [2.75, 3.05) is 45.2 Å². The van der Waals surface area contributed by atoms with Crippen LogP contribution in [0.5, 0.6) is 0 Å². The third-order valence-corrected chi connectivity index (χ3v) is 11.1. The third kappa shape index (κ3) is 9.18. The summed E-state index contributed by atoms with van der Waals surface area (Å²) >= 11 is 0. The Morgan fingerprint density at radius 2 is 1.51 bits per heavy atom. The molecule has 4 aromatic rings. The van der Waals surface area contributed by atoms with Gasteiger partial charge in [0.05, 0.1) is 6.07 Å². The number of fused-ring (bicyclic) bond motifs is 2. The average Bonchev–Trinajstić information content (AvgIpc) is 3.22. The quantitative estimate of drug-likeness (QED) is 0.0664. The molecule has 2 N–H and O–H groups in total. The highest BCUT2D eigenvalue weighted by Gasteiger charge is 2.26. The Bertz CT molecular complexity index is 2220. The largest absolute Gasteiger partial charge is 0.456 e. The molecule has 2 heterocycles. The van der Waals surface area contributed by atoms with Crippen molar-refractivity contribution in [3.63, 3.8) is 0 Å². The van der Waals surface area contributed by atoms with E-state index in [4.69, 9.17) is 4.42 Å². The second-order valence-corrected chi connectivity index (χ2v) is 15.3. The first-order valence-corrected chi connectivity index (χ1v) is 20.1. The highest BCUT2D eigenvalue weighted by Crippen LogP contribution is 2.43. The minimum absolute atomic E-state index is 0.0872. The van der Waals surface area contributed by atoms with E-state index in [9.17, 15) is 4.79 Å². The van der Waals surface area contributed by atoms with E-state index in [-0.39, 0.29) is 11.8 Å². The molecule has 0 bridgehead atoms. The Balaban J connectivity index is 1.16. The van der Waals surface area contributed by atoms with Gasteiger partial charge in [-0.25, -0.2) is 0 Å². The van der Waals surface area contributed by atoms with Gasteiger partial charge in [0.15, 0.2) is 0 Å². The number of likely N-dealkylation sites (tertiary alicyclic amines) is 1. The Morgan fingerprint density at radius 3 is 2.27 bits per heavy atom. The first kappa shape index (κ1) is 38.1. The fourth-order valence-corrected chi connectivity index (χ4v) is 7.85. The molecule has 0 atom stereocenters. The first-order chi connectivity index (χ1) is 26.9. The van der Waals surface area contributed by atoms with E-state index in [0.29, 0.717) is 6.04 Å². The smallest absolute Gasteiger partial charge is 0.223 e. The lowest BCUT2D eigenvalue weighted by atomic mass is 9.90. The molecule has 3 aliphatic rings. The molecular formula is C48H56N5O2+. The van der Waals surface area contributed by atoms with Crippen LogP contribution in [-0.4, -0.2) is 57.1 Å². The molecule has 0 aromatic heterocycles. The summed E-state index contributed by atoms with van der Waals surface area (Å²) in [6, 6.07) is 43.4. The number of hydrogen-bond donors (Lipinski definition) is 2. The summed E-state index contributed by atoms with van der Waals surface area (Å²) in [5, 5.41) is 8.84. The van der Waals surface area contributed by atoms with Crippen molar-refractivity contribution in [1.29, 1.82) is 0 Å². The Morgan fingerprint density at radius 1 is 0.800 bits per heavy atom. The number of amides is 1. The SMILES string of the molecule is CC(C)NCCCCCNC(=O)C1CCN(Cc2ccccc2-c2c3ccc(=[N+](C)c4ccccc4)cc-3oc3cc(N(C)c4ccccc4)ccc23)CC1. The number of nitrogens with zero attached hydrogens (tertiary/aromatic N) is 3. The molecule has 55 heavy (non-hydrogen) atoms. The predicted octanol–water partition coefficient (Wildman–Crippen LogP) is 9.20. The number of rotatable bonds is 14. The van der Waals surface area contributed by atoms with Crippen LogP contribution in [0.2, 0.25) is 0 Å². The van der Waals surface area contributed by atoms with Crippen molar-refractivity contribution in [3.05, 3.63) is 132 Å².